The smallest absolute Gasteiger partial charge is 0.303 e. The van der Waals surface area contributed by atoms with Crippen molar-refractivity contribution in [2.75, 3.05) is 6.61 Å². The molecule has 0 aliphatic rings. The minimum absolute atomic E-state index is 0.00974. The number of aliphatic hydroxyl groups excluding tert-OH is 1. The van der Waals surface area contributed by atoms with Gasteiger partial charge in [0.25, 0.3) is 0 Å². The summed E-state index contributed by atoms with van der Waals surface area (Å²) in [4.78, 5) is 10.1. The van der Waals surface area contributed by atoms with Crippen LogP contribution in [0.3, 0.4) is 0 Å². The highest BCUT2D eigenvalue weighted by Crippen LogP contribution is 2.03. The average molecular weight is 194 g/mol. The van der Waals surface area contributed by atoms with Gasteiger partial charge in [-0.05, 0) is 13.3 Å². The van der Waals surface area contributed by atoms with Crippen molar-refractivity contribution in [3.63, 3.8) is 0 Å². The first-order valence-electron chi connectivity index (χ1n) is 3.79. The molecule has 72 valence electrons. The van der Waals surface area contributed by atoms with Crippen LogP contribution in [-0.4, -0.2) is 34.7 Å². The fraction of sp³-hybridized carbons (Fsp3) is 0.857. The van der Waals surface area contributed by atoms with Crippen LogP contribution < -0.4 is 0 Å². The Labute approximate surface area is 74.1 Å². The number of carbonyl (C=O) groups is 1. The minimum atomic E-state index is -0.895. The van der Waals surface area contributed by atoms with E-state index in [2.05, 4.69) is 9.24 Å². The Morgan fingerprint density at radius 1 is 1.67 bits per heavy atom. The van der Waals surface area contributed by atoms with Crippen molar-refractivity contribution < 1.29 is 19.7 Å². The van der Waals surface area contributed by atoms with Gasteiger partial charge in [0.15, 0.2) is 0 Å². The molecule has 0 aliphatic carbocycles. The summed E-state index contributed by atoms with van der Waals surface area (Å²) >= 11 is 0. The van der Waals surface area contributed by atoms with Crippen LogP contribution in [0, 0.1) is 0 Å². The van der Waals surface area contributed by atoms with E-state index in [4.69, 9.17) is 14.9 Å². The van der Waals surface area contributed by atoms with Crippen LogP contribution in [0.1, 0.15) is 19.8 Å². The number of hydrogen-bond donors (Lipinski definition) is 2. The summed E-state index contributed by atoms with van der Waals surface area (Å²) < 4.78 is 5.06. The lowest BCUT2D eigenvalue weighted by Crippen LogP contribution is -2.18. The molecule has 12 heavy (non-hydrogen) atoms. The van der Waals surface area contributed by atoms with Gasteiger partial charge in [-0.25, -0.2) is 0 Å². The lowest BCUT2D eigenvalue weighted by atomic mass is 10.2. The zero-order valence-electron chi connectivity index (χ0n) is 7.06. The Morgan fingerprint density at radius 3 is 2.67 bits per heavy atom. The molecule has 0 aromatic heterocycles. The van der Waals surface area contributed by atoms with Crippen LogP contribution >= 0.6 is 9.24 Å². The van der Waals surface area contributed by atoms with Gasteiger partial charge in [-0.1, -0.05) is 0 Å². The molecule has 0 aliphatic heterocycles. The van der Waals surface area contributed by atoms with Crippen LogP contribution in [0.2, 0.25) is 0 Å². The second-order valence-electron chi connectivity index (χ2n) is 2.62. The van der Waals surface area contributed by atoms with E-state index in [-0.39, 0.29) is 25.3 Å². The molecule has 3 unspecified atom stereocenters. The molecular weight excluding hydrogens is 179 g/mol. The molecule has 0 aromatic carbocycles. The summed E-state index contributed by atoms with van der Waals surface area (Å²) in [7, 11) is 2.43. The standard InChI is InChI=1S/C7H15O4P/c1-5(12)11-4-6(8)2-3-7(9)10/h5-6,8H,2-4,12H2,1H3,(H,9,10). The highest BCUT2D eigenvalue weighted by molar-refractivity contribution is 7.17. The predicted molar refractivity (Wildman–Crippen MR) is 48.0 cm³/mol. The maximum atomic E-state index is 10.1. The Hall–Kier alpha value is -0.180. The quantitative estimate of drug-likeness (QED) is 0.602. The molecule has 0 amide bonds. The van der Waals surface area contributed by atoms with Crippen LogP contribution in [0.15, 0.2) is 0 Å². The molecule has 0 fully saturated rings. The Balaban J connectivity index is 3.33. The average Bonchev–Trinajstić information content (AvgIpc) is 1.96. The molecule has 5 heteroatoms. The number of aliphatic hydroxyl groups is 1. The zero-order valence-corrected chi connectivity index (χ0v) is 8.22. The van der Waals surface area contributed by atoms with Gasteiger partial charge in [0.05, 0.1) is 18.6 Å². The van der Waals surface area contributed by atoms with Gasteiger partial charge < -0.3 is 14.9 Å². The molecule has 4 nitrogen and oxygen atoms in total. The first kappa shape index (κ1) is 11.8. The molecule has 0 saturated carbocycles. The van der Waals surface area contributed by atoms with E-state index in [0.29, 0.717) is 0 Å². The molecule has 0 heterocycles. The van der Waals surface area contributed by atoms with Gasteiger partial charge in [-0.3, -0.25) is 4.79 Å². The van der Waals surface area contributed by atoms with Gasteiger partial charge >= 0.3 is 5.97 Å². The first-order chi connectivity index (χ1) is 5.52. The predicted octanol–water partition coefficient (Wildman–Crippen LogP) is 0.450. The molecule has 0 rings (SSSR count). The number of hydrogen-bond acceptors (Lipinski definition) is 3. The molecule has 0 spiro atoms. The highest BCUT2D eigenvalue weighted by atomic mass is 31.0. The maximum absolute atomic E-state index is 10.1. The zero-order chi connectivity index (χ0) is 9.56. The number of aliphatic carboxylic acids is 1. The molecule has 2 N–H and O–H groups in total. The van der Waals surface area contributed by atoms with Crippen molar-refractivity contribution in [2.45, 2.75) is 31.7 Å². The normalized spacial score (nSPS) is 15.6. The Kier molecular flexibility index (Phi) is 6.25. The van der Waals surface area contributed by atoms with Crippen molar-refractivity contribution in [3.8, 4) is 0 Å². The van der Waals surface area contributed by atoms with Crippen LogP contribution in [-0.2, 0) is 9.53 Å². The maximum Gasteiger partial charge on any atom is 0.303 e. The fourth-order valence-corrected chi connectivity index (χ4v) is 0.747. The lowest BCUT2D eigenvalue weighted by molar-refractivity contribution is -0.137. The van der Waals surface area contributed by atoms with E-state index in [1.807, 2.05) is 6.92 Å². The summed E-state index contributed by atoms with van der Waals surface area (Å²) in [6, 6.07) is 0. The second kappa shape index (κ2) is 6.35. The lowest BCUT2D eigenvalue weighted by Gasteiger charge is -2.11. The summed E-state index contributed by atoms with van der Waals surface area (Å²) in [5, 5.41) is 17.4. The minimum Gasteiger partial charge on any atom is -0.481 e. The van der Waals surface area contributed by atoms with Crippen LogP contribution in [0.25, 0.3) is 0 Å². The fourth-order valence-electron chi connectivity index (χ4n) is 0.636. The van der Waals surface area contributed by atoms with Gasteiger partial charge in [-0.15, -0.1) is 9.24 Å². The SMILES string of the molecule is CC(P)OCC(O)CCC(=O)O. The van der Waals surface area contributed by atoms with E-state index in [1.54, 1.807) is 0 Å². The van der Waals surface area contributed by atoms with E-state index >= 15 is 0 Å². The number of ether oxygens (including phenoxy) is 1. The summed E-state index contributed by atoms with van der Waals surface area (Å²) in [6.45, 7) is 2.02. The topological polar surface area (TPSA) is 66.8 Å². The summed E-state index contributed by atoms with van der Waals surface area (Å²) in [6.07, 6.45) is -0.452. The van der Waals surface area contributed by atoms with E-state index in [0.717, 1.165) is 0 Å². The Bertz CT molecular complexity index is 137. The van der Waals surface area contributed by atoms with Crippen LogP contribution in [0.5, 0.6) is 0 Å². The Morgan fingerprint density at radius 2 is 2.25 bits per heavy atom. The van der Waals surface area contributed by atoms with Gasteiger partial charge in [0.1, 0.15) is 0 Å². The van der Waals surface area contributed by atoms with Crippen molar-refractivity contribution in [2.24, 2.45) is 0 Å². The van der Waals surface area contributed by atoms with Gasteiger partial charge in [0.2, 0.25) is 0 Å². The molecule has 0 saturated heterocycles. The van der Waals surface area contributed by atoms with Crippen LogP contribution in [0.4, 0.5) is 0 Å². The molecular formula is C7H15O4P. The van der Waals surface area contributed by atoms with Crippen molar-refractivity contribution in [1.82, 2.24) is 0 Å². The second-order valence-corrected chi connectivity index (χ2v) is 3.56. The van der Waals surface area contributed by atoms with Crippen molar-refractivity contribution in [3.05, 3.63) is 0 Å². The molecule has 0 radical (unpaired) electrons. The molecule has 0 bridgehead atoms. The third-order valence-electron chi connectivity index (χ3n) is 1.24. The molecule has 0 aromatic rings. The summed E-state index contributed by atoms with van der Waals surface area (Å²) in [5.74, 6) is -0.905. The van der Waals surface area contributed by atoms with Gasteiger partial charge in [0, 0.05) is 6.42 Å². The number of carboxylic acids is 1. The monoisotopic (exact) mass is 194 g/mol. The highest BCUT2D eigenvalue weighted by Gasteiger charge is 2.07. The largest absolute Gasteiger partial charge is 0.481 e. The van der Waals surface area contributed by atoms with Crippen molar-refractivity contribution >= 4 is 15.2 Å². The number of rotatable bonds is 6. The van der Waals surface area contributed by atoms with Crippen molar-refractivity contribution in [1.29, 1.82) is 0 Å². The first-order valence-corrected chi connectivity index (χ1v) is 4.46. The van der Waals surface area contributed by atoms with Gasteiger partial charge in [-0.2, -0.15) is 0 Å². The third kappa shape index (κ3) is 7.92. The van der Waals surface area contributed by atoms with E-state index in [9.17, 15) is 4.79 Å². The van der Waals surface area contributed by atoms with E-state index < -0.39 is 12.1 Å². The summed E-state index contributed by atoms with van der Waals surface area (Å²) in [5.41, 5.74) is 0. The number of carboxylic acid groups (broad SMARTS) is 1. The third-order valence-corrected chi connectivity index (χ3v) is 1.44. The van der Waals surface area contributed by atoms with E-state index in [1.165, 1.54) is 0 Å². The molecule has 3 atom stereocenters.